The van der Waals surface area contributed by atoms with Crippen LogP contribution in [-0.2, 0) is 13.0 Å². The maximum absolute atomic E-state index is 5.90. The van der Waals surface area contributed by atoms with Gasteiger partial charge in [0.15, 0.2) is 5.82 Å². The van der Waals surface area contributed by atoms with Gasteiger partial charge >= 0.3 is 0 Å². The first-order chi connectivity index (χ1) is 10.2. The molecule has 0 radical (unpaired) electrons. The molecule has 0 aliphatic heterocycles. The summed E-state index contributed by atoms with van der Waals surface area (Å²) in [5.74, 6) is 0.751. The third kappa shape index (κ3) is 3.08. The van der Waals surface area contributed by atoms with Crippen LogP contribution in [0, 0.1) is 6.92 Å². The molecular weight excluding hydrogens is 262 g/mol. The van der Waals surface area contributed by atoms with Crippen LogP contribution >= 0.6 is 0 Å². The van der Waals surface area contributed by atoms with Crippen LogP contribution in [0.15, 0.2) is 48.5 Å². The smallest absolute Gasteiger partial charge is 0.182 e. The Hall–Kier alpha value is -2.69. The fourth-order valence-electron chi connectivity index (χ4n) is 2.38. The number of benzene rings is 2. The minimum atomic E-state index is 0.725. The van der Waals surface area contributed by atoms with Crippen LogP contribution in [0.2, 0.25) is 0 Å². The van der Waals surface area contributed by atoms with Crippen molar-refractivity contribution in [1.82, 2.24) is 20.2 Å². The van der Waals surface area contributed by atoms with E-state index < -0.39 is 0 Å². The fourth-order valence-corrected chi connectivity index (χ4v) is 2.38. The molecule has 0 saturated carbocycles. The third-order valence-electron chi connectivity index (χ3n) is 3.34. The summed E-state index contributed by atoms with van der Waals surface area (Å²) in [6, 6.07) is 16.2. The van der Waals surface area contributed by atoms with E-state index in [2.05, 4.69) is 27.7 Å². The van der Waals surface area contributed by atoms with E-state index in [0.29, 0.717) is 0 Å². The van der Waals surface area contributed by atoms with Crippen molar-refractivity contribution in [3.63, 3.8) is 0 Å². The van der Waals surface area contributed by atoms with Gasteiger partial charge in [0.2, 0.25) is 0 Å². The van der Waals surface area contributed by atoms with Gasteiger partial charge in [-0.1, -0.05) is 30.3 Å². The van der Waals surface area contributed by atoms with Crippen molar-refractivity contribution in [3.8, 4) is 11.4 Å². The highest BCUT2D eigenvalue weighted by Gasteiger charge is 2.10. The Bertz CT molecular complexity index is 713. The van der Waals surface area contributed by atoms with Crippen molar-refractivity contribution in [1.29, 1.82) is 0 Å². The van der Waals surface area contributed by atoms with Gasteiger partial charge in [-0.2, -0.15) is 0 Å². The molecule has 5 heteroatoms. The first-order valence-electron chi connectivity index (χ1n) is 6.90. The number of nitrogen functional groups attached to an aromatic ring is 1. The average Bonchev–Trinajstić information content (AvgIpc) is 2.93. The molecule has 5 nitrogen and oxygen atoms in total. The van der Waals surface area contributed by atoms with Gasteiger partial charge in [0.25, 0.3) is 0 Å². The minimum absolute atomic E-state index is 0.725. The molecule has 2 aromatic carbocycles. The Kier molecular flexibility index (Phi) is 3.64. The molecule has 0 aliphatic carbocycles. The zero-order valence-electron chi connectivity index (χ0n) is 11.9. The number of tetrazole rings is 1. The van der Waals surface area contributed by atoms with E-state index in [-0.39, 0.29) is 0 Å². The monoisotopic (exact) mass is 279 g/mol. The van der Waals surface area contributed by atoms with Crippen LogP contribution < -0.4 is 5.73 Å². The van der Waals surface area contributed by atoms with E-state index in [1.54, 1.807) is 0 Å². The van der Waals surface area contributed by atoms with E-state index in [4.69, 9.17) is 5.73 Å². The maximum atomic E-state index is 5.90. The van der Waals surface area contributed by atoms with Crippen molar-refractivity contribution in [3.05, 3.63) is 59.7 Å². The summed E-state index contributed by atoms with van der Waals surface area (Å²) < 4.78 is 1.82. The number of anilines is 1. The van der Waals surface area contributed by atoms with E-state index in [0.717, 1.165) is 35.6 Å². The first-order valence-corrected chi connectivity index (χ1v) is 6.90. The number of hydrogen-bond acceptors (Lipinski definition) is 4. The second-order valence-electron chi connectivity index (χ2n) is 5.09. The van der Waals surface area contributed by atoms with Crippen molar-refractivity contribution in [2.24, 2.45) is 0 Å². The highest BCUT2D eigenvalue weighted by molar-refractivity contribution is 5.62. The molecule has 21 heavy (non-hydrogen) atoms. The predicted molar refractivity (Wildman–Crippen MR) is 82.5 cm³/mol. The lowest BCUT2D eigenvalue weighted by molar-refractivity contribution is 0.594. The van der Waals surface area contributed by atoms with E-state index in [9.17, 15) is 0 Å². The van der Waals surface area contributed by atoms with Crippen molar-refractivity contribution in [2.45, 2.75) is 19.9 Å². The maximum Gasteiger partial charge on any atom is 0.182 e. The molecule has 0 atom stereocenters. The normalized spacial score (nSPS) is 10.7. The molecule has 0 fully saturated rings. The summed E-state index contributed by atoms with van der Waals surface area (Å²) in [5, 5.41) is 12.0. The molecule has 2 N–H and O–H groups in total. The Labute approximate surface area is 123 Å². The summed E-state index contributed by atoms with van der Waals surface area (Å²) in [4.78, 5) is 0. The van der Waals surface area contributed by atoms with Crippen LogP contribution in [0.5, 0.6) is 0 Å². The summed E-state index contributed by atoms with van der Waals surface area (Å²) in [6.45, 7) is 2.75. The standard InChI is InChI=1S/C16H17N5/c1-12-9-14(11-15(17)10-12)16-18-19-20-21(16)8-7-13-5-3-2-4-6-13/h2-6,9-11H,7-8,17H2,1H3. The number of aryl methyl sites for hydroxylation is 3. The van der Waals surface area contributed by atoms with Gasteiger partial charge in [-0.05, 0) is 53.1 Å². The van der Waals surface area contributed by atoms with Crippen LogP contribution in [0.4, 0.5) is 5.69 Å². The van der Waals surface area contributed by atoms with E-state index in [1.165, 1.54) is 5.56 Å². The van der Waals surface area contributed by atoms with Crippen LogP contribution in [-0.4, -0.2) is 20.2 Å². The highest BCUT2D eigenvalue weighted by Crippen LogP contribution is 2.21. The molecule has 1 heterocycles. The SMILES string of the molecule is Cc1cc(N)cc(-c2nnnn2CCc2ccccc2)c1. The Morgan fingerprint density at radius 1 is 1.10 bits per heavy atom. The molecule has 3 aromatic rings. The zero-order chi connectivity index (χ0) is 14.7. The summed E-state index contributed by atoms with van der Waals surface area (Å²) in [7, 11) is 0. The van der Waals surface area contributed by atoms with E-state index in [1.807, 2.05) is 48.0 Å². The Morgan fingerprint density at radius 3 is 2.67 bits per heavy atom. The zero-order valence-corrected chi connectivity index (χ0v) is 11.9. The summed E-state index contributed by atoms with van der Waals surface area (Å²) in [6.07, 6.45) is 0.889. The van der Waals surface area contributed by atoms with E-state index >= 15 is 0 Å². The number of hydrogen-bond donors (Lipinski definition) is 1. The van der Waals surface area contributed by atoms with Gasteiger partial charge in [-0.3, -0.25) is 0 Å². The molecule has 106 valence electrons. The molecule has 1 aromatic heterocycles. The second-order valence-corrected chi connectivity index (χ2v) is 5.09. The lowest BCUT2D eigenvalue weighted by Crippen LogP contribution is -2.06. The van der Waals surface area contributed by atoms with Crippen molar-refractivity contribution >= 4 is 5.69 Å². The Morgan fingerprint density at radius 2 is 1.90 bits per heavy atom. The minimum Gasteiger partial charge on any atom is -0.399 e. The average molecular weight is 279 g/mol. The van der Waals surface area contributed by atoms with Crippen molar-refractivity contribution in [2.75, 3.05) is 5.73 Å². The lowest BCUT2D eigenvalue weighted by Gasteiger charge is -2.06. The largest absolute Gasteiger partial charge is 0.399 e. The van der Waals surface area contributed by atoms with Gasteiger partial charge in [0.1, 0.15) is 0 Å². The van der Waals surface area contributed by atoms with Gasteiger partial charge < -0.3 is 5.73 Å². The molecule has 0 spiro atoms. The lowest BCUT2D eigenvalue weighted by atomic mass is 10.1. The molecular formula is C16H17N5. The number of rotatable bonds is 4. The van der Waals surface area contributed by atoms with Crippen LogP contribution in [0.1, 0.15) is 11.1 Å². The predicted octanol–water partition coefficient (Wildman–Crippen LogP) is 2.47. The van der Waals surface area contributed by atoms with Crippen LogP contribution in [0.3, 0.4) is 0 Å². The number of aromatic nitrogens is 4. The Balaban J connectivity index is 1.84. The topological polar surface area (TPSA) is 69.6 Å². The fraction of sp³-hybridized carbons (Fsp3) is 0.188. The molecule has 0 aliphatic rings. The molecule has 0 unspecified atom stereocenters. The summed E-state index contributed by atoms with van der Waals surface area (Å²) >= 11 is 0. The first kappa shape index (κ1) is 13.3. The molecule has 0 amide bonds. The van der Waals surface area contributed by atoms with Crippen molar-refractivity contribution < 1.29 is 0 Å². The quantitative estimate of drug-likeness (QED) is 0.745. The second kappa shape index (κ2) is 5.75. The van der Waals surface area contributed by atoms with Gasteiger partial charge in [-0.15, -0.1) is 5.10 Å². The van der Waals surface area contributed by atoms with Crippen LogP contribution in [0.25, 0.3) is 11.4 Å². The number of nitrogens with zero attached hydrogens (tertiary/aromatic N) is 4. The molecule has 0 bridgehead atoms. The van der Waals surface area contributed by atoms with Gasteiger partial charge in [0.05, 0.1) is 0 Å². The molecule has 0 saturated heterocycles. The number of nitrogens with two attached hydrogens (primary N) is 1. The van der Waals surface area contributed by atoms with Gasteiger partial charge in [0, 0.05) is 17.8 Å². The van der Waals surface area contributed by atoms with Gasteiger partial charge in [-0.25, -0.2) is 4.68 Å². The highest BCUT2D eigenvalue weighted by atomic mass is 15.5. The molecule has 3 rings (SSSR count). The summed E-state index contributed by atoms with van der Waals surface area (Å²) in [5.41, 5.74) is 9.94. The third-order valence-corrected chi connectivity index (χ3v) is 3.34.